The number of carbonyl (C=O) groups is 1. The molecule has 0 aliphatic rings. The third-order valence-electron chi connectivity index (χ3n) is 1.67. The Kier molecular flexibility index (Phi) is 1.98. The van der Waals surface area contributed by atoms with Crippen LogP contribution in [0.25, 0.3) is 0 Å². The molecule has 0 saturated heterocycles. The van der Waals surface area contributed by atoms with Gasteiger partial charge >= 0.3 is 0 Å². The Morgan fingerprint density at radius 2 is 2.24 bits per heavy atom. The van der Waals surface area contributed by atoms with Crippen molar-refractivity contribution in [2.45, 2.75) is 13.2 Å². The molecular weight excluding hydrogens is 252 g/mol. The second-order valence-electron chi connectivity index (χ2n) is 2.77. The normalized spacial score (nSPS) is 19.8. The van der Waals surface area contributed by atoms with E-state index in [9.17, 15) is 22.0 Å². The molecule has 1 aromatic carbocycles. The summed E-state index contributed by atoms with van der Waals surface area (Å²) in [6.07, 6.45) is -4.09. The van der Waals surface area contributed by atoms with E-state index in [1.165, 1.54) is 4.72 Å². The fourth-order valence-corrected chi connectivity index (χ4v) is 1.63. The first-order chi connectivity index (χ1) is 10.6. The highest BCUT2D eigenvalue weighted by Crippen LogP contribution is 2.20. The molecule has 0 heterocycles. The fourth-order valence-electron chi connectivity index (χ4n) is 0.994. The third-order valence-corrected chi connectivity index (χ3v) is 2.53. The molecule has 0 spiro atoms. The zero-order valence-corrected chi connectivity index (χ0v) is 8.94. The van der Waals surface area contributed by atoms with Gasteiger partial charge in [-0.1, -0.05) is 6.85 Å². The van der Waals surface area contributed by atoms with E-state index in [1.807, 2.05) is 0 Å². The van der Waals surface area contributed by atoms with E-state index in [-0.39, 0.29) is 6.29 Å². The Labute approximate surface area is 108 Å². The van der Waals surface area contributed by atoms with Crippen LogP contribution in [-0.4, -0.2) is 20.4 Å². The summed E-state index contributed by atoms with van der Waals surface area (Å²) in [5.74, 6) is -2.95. The van der Waals surface area contributed by atoms with Gasteiger partial charge in [0.1, 0.15) is 5.82 Å². The molecule has 0 atom stereocenters. The van der Waals surface area contributed by atoms with E-state index in [1.54, 1.807) is 0 Å². The first-order valence-electron chi connectivity index (χ1n) is 7.55. The summed E-state index contributed by atoms with van der Waals surface area (Å²) in [4.78, 5) is 10.6. The number of nitrogens with one attached hydrogen (secondary N) is 1. The van der Waals surface area contributed by atoms with E-state index in [2.05, 4.69) is 0 Å². The topological polar surface area (TPSA) is 63.2 Å². The molecule has 0 radical (unpaired) electrons. The molecule has 0 unspecified atom stereocenters. The molecule has 17 heavy (non-hydrogen) atoms. The van der Waals surface area contributed by atoms with Crippen molar-refractivity contribution in [2.75, 3.05) is 10.4 Å². The van der Waals surface area contributed by atoms with Crippen molar-refractivity contribution in [3.8, 4) is 0 Å². The number of anilines is 1. The Bertz CT molecular complexity index is 764. The van der Waals surface area contributed by atoms with Crippen LogP contribution in [0.4, 0.5) is 14.5 Å². The maximum atomic E-state index is 13.9. The van der Waals surface area contributed by atoms with Crippen LogP contribution in [0.5, 0.6) is 0 Å². The smallest absolute Gasteiger partial charge is 0.232 e. The molecule has 1 N–H and O–H groups in total. The SMILES string of the molecule is [2H]C([2H])([2H])C([2H])([2H])C([2H])([2H])S(=O)(=O)Nc1ccc(F)c(C=O)c1F. The van der Waals surface area contributed by atoms with Crippen molar-refractivity contribution < 1.29 is 31.6 Å². The fraction of sp³-hybridized carbons (Fsp3) is 0.300. The van der Waals surface area contributed by atoms with Crippen molar-refractivity contribution in [1.82, 2.24) is 0 Å². The number of carbonyl (C=O) groups excluding carboxylic acids is 1. The predicted octanol–water partition coefficient (Wildman–Crippen LogP) is 1.93. The average molecular weight is 270 g/mol. The number of aldehydes is 1. The highest BCUT2D eigenvalue weighted by molar-refractivity contribution is 7.92. The Balaban J connectivity index is 3.41. The van der Waals surface area contributed by atoms with Gasteiger partial charge in [-0.15, -0.1) is 0 Å². The van der Waals surface area contributed by atoms with Gasteiger partial charge in [-0.2, -0.15) is 0 Å². The van der Waals surface area contributed by atoms with Crippen LogP contribution in [0.3, 0.4) is 0 Å². The lowest BCUT2D eigenvalue weighted by Crippen LogP contribution is -2.17. The van der Waals surface area contributed by atoms with Gasteiger partial charge in [0.15, 0.2) is 12.1 Å². The van der Waals surface area contributed by atoms with Crippen LogP contribution >= 0.6 is 0 Å². The van der Waals surface area contributed by atoms with E-state index < -0.39 is 51.8 Å². The van der Waals surface area contributed by atoms with Crippen LogP contribution in [0, 0.1) is 11.6 Å². The maximum absolute atomic E-state index is 13.9. The van der Waals surface area contributed by atoms with Crippen LogP contribution in [-0.2, 0) is 10.0 Å². The molecule has 1 aromatic rings. The van der Waals surface area contributed by atoms with E-state index in [0.717, 1.165) is 0 Å². The second kappa shape index (κ2) is 5.22. The lowest BCUT2D eigenvalue weighted by Gasteiger charge is -2.09. The van der Waals surface area contributed by atoms with E-state index in [0.29, 0.717) is 12.1 Å². The molecule has 94 valence electrons. The Morgan fingerprint density at radius 1 is 1.53 bits per heavy atom. The monoisotopic (exact) mass is 270 g/mol. The van der Waals surface area contributed by atoms with Crippen molar-refractivity contribution in [2.24, 2.45) is 0 Å². The largest absolute Gasteiger partial charge is 0.298 e. The van der Waals surface area contributed by atoms with E-state index in [4.69, 9.17) is 9.60 Å². The summed E-state index contributed by atoms with van der Waals surface area (Å²) in [6.45, 7) is -3.65. The first-order valence-corrected chi connectivity index (χ1v) is 5.54. The number of halogens is 2. The molecule has 0 amide bonds. The minimum Gasteiger partial charge on any atom is -0.298 e. The van der Waals surface area contributed by atoms with Crippen LogP contribution in [0.15, 0.2) is 12.1 Å². The van der Waals surface area contributed by atoms with Gasteiger partial charge in [0.2, 0.25) is 10.0 Å². The minimum absolute atomic E-state index is 0.237. The number of benzene rings is 1. The van der Waals surface area contributed by atoms with Crippen molar-refractivity contribution in [3.05, 3.63) is 29.3 Å². The van der Waals surface area contributed by atoms with Gasteiger partial charge in [-0.05, 0) is 18.5 Å². The molecule has 0 saturated carbocycles. The van der Waals surface area contributed by atoms with Gasteiger partial charge in [0, 0.05) is 9.60 Å². The molecule has 0 bridgehead atoms. The summed E-state index contributed by atoms with van der Waals surface area (Å²) in [7, 11) is -5.44. The number of hydrogen-bond acceptors (Lipinski definition) is 3. The molecule has 4 nitrogen and oxygen atoms in total. The number of sulfonamides is 1. The standard InChI is InChI=1S/C10H11F2NO3S/c1-2-5-17(15,16)13-9-4-3-8(11)7(6-14)10(9)12/h3-4,6,13H,2,5H2,1H3/i1D3,2D2,5D2. The second-order valence-corrected chi connectivity index (χ2v) is 4.19. The van der Waals surface area contributed by atoms with Crippen molar-refractivity contribution in [3.63, 3.8) is 0 Å². The Hall–Kier alpha value is -1.50. The van der Waals surface area contributed by atoms with Gasteiger partial charge in [0.25, 0.3) is 0 Å². The average Bonchev–Trinajstić information content (AvgIpc) is 2.41. The van der Waals surface area contributed by atoms with Gasteiger partial charge in [-0.3, -0.25) is 9.52 Å². The Morgan fingerprint density at radius 3 is 2.82 bits per heavy atom. The highest BCUT2D eigenvalue weighted by Gasteiger charge is 2.17. The quantitative estimate of drug-likeness (QED) is 0.831. The van der Waals surface area contributed by atoms with Gasteiger partial charge in [0.05, 0.1) is 17.0 Å². The van der Waals surface area contributed by atoms with Crippen LogP contribution in [0.1, 0.15) is 33.2 Å². The third kappa shape index (κ3) is 3.23. The first kappa shape index (κ1) is 6.44. The summed E-state index contributed by atoms with van der Waals surface area (Å²) in [5, 5.41) is 0. The van der Waals surface area contributed by atoms with Crippen molar-refractivity contribution >= 4 is 22.0 Å². The molecule has 0 aliphatic heterocycles. The van der Waals surface area contributed by atoms with Crippen LogP contribution in [0.2, 0.25) is 0 Å². The molecule has 1 rings (SSSR count). The highest BCUT2D eigenvalue weighted by atomic mass is 32.2. The molecular formula is C10H11F2NO3S. The number of rotatable bonds is 5. The van der Waals surface area contributed by atoms with Gasteiger partial charge in [-0.25, -0.2) is 17.2 Å². The van der Waals surface area contributed by atoms with E-state index >= 15 is 0 Å². The molecule has 0 aliphatic carbocycles. The summed E-state index contributed by atoms with van der Waals surface area (Å²) in [6, 6.07) is 1.06. The van der Waals surface area contributed by atoms with Crippen molar-refractivity contribution in [1.29, 1.82) is 0 Å². The molecule has 0 aromatic heterocycles. The summed E-state index contributed by atoms with van der Waals surface area (Å²) in [5.41, 5.74) is -6.17. The predicted molar refractivity (Wildman–Crippen MR) is 59.4 cm³/mol. The minimum atomic E-state index is -5.44. The zero-order chi connectivity index (χ0) is 19.1. The lowest BCUT2D eigenvalue weighted by atomic mass is 10.2. The molecule has 7 heteroatoms. The maximum Gasteiger partial charge on any atom is 0.232 e. The zero-order valence-electron chi connectivity index (χ0n) is 15.1. The lowest BCUT2D eigenvalue weighted by molar-refractivity contribution is 0.111. The number of hydrogen-bond donors (Lipinski definition) is 1. The van der Waals surface area contributed by atoms with Gasteiger partial charge < -0.3 is 0 Å². The summed E-state index contributed by atoms with van der Waals surface area (Å²) < 4.78 is 102. The summed E-state index contributed by atoms with van der Waals surface area (Å²) >= 11 is 0. The van der Waals surface area contributed by atoms with Crippen LogP contribution < -0.4 is 4.72 Å². The molecule has 0 fully saturated rings.